The summed E-state index contributed by atoms with van der Waals surface area (Å²) < 4.78 is 12.9. The Balaban J connectivity index is 2.59. The monoisotopic (exact) mass is 180 g/mol. The van der Waals surface area contributed by atoms with Crippen LogP contribution in [-0.2, 0) is 16.0 Å². The van der Waals surface area contributed by atoms with Crippen LogP contribution >= 0.6 is 0 Å². The summed E-state index contributed by atoms with van der Waals surface area (Å²) >= 11 is 0. The zero-order valence-electron chi connectivity index (χ0n) is 7.00. The van der Waals surface area contributed by atoms with E-state index in [2.05, 4.69) is 0 Å². The number of ketones is 1. The van der Waals surface area contributed by atoms with Crippen molar-refractivity contribution in [3.05, 3.63) is 35.6 Å². The minimum absolute atomic E-state index is 0.0738. The maximum Gasteiger partial charge on any atom is 0.195 e. The zero-order valence-corrected chi connectivity index (χ0v) is 7.00. The molecule has 0 saturated carbocycles. The van der Waals surface area contributed by atoms with Crippen molar-refractivity contribution >= 4 is 12.1 Å². The Morgan fingerprint density at radius 1 is 1.38 bits per heavy atom. The van der Waals surface area contributed by atoms with Gasteiger partial charge < -0.3 is 0 Å². The highest BCUT2D eigenvalue weighted by Crippen LogP contribution is 2.08. The highest BCUT2D eigenvalue weighted by molar-refractivity contribution is 6.24. The van der Waals surface area contributed by atoms with E-state index in [4.69, 9.17) is 0 Å². The predicted octanol–water partition coefficient (Wildman–Crippen LogP) is 1.53. The van der Waals surface area contributed by atoms with Gasteiger partial charge in [0.05, 0.1) is 0 Å². The molecule has 3 heteroatoms. The normalized spacial score (nSPS) is 9.62. The van der Waals surface area contributed by atoms with E-state index >= 15 is 0 Å². The lowest BCUT2D eigenvalue weighted by atomic mass is 10.1. The Bertz CT molecular complexity index is 320. The van der Waals surface area contributed by atoms with Crippen LogP contribution in [-0.4, -0.2) is 12.1 Å². The number of aryl methyl sites for hydroxylation is 1. The van der Waals surface area contributed by atoms with Gasteiger partial charge in [0.1, 0.15) is 5.82 Å². The van der Waals surface area contributed by atoms with E-state index in [1.54, 1.807) is 18.2 Å². The van der Waals surface area contributed by atoms with Crippen molar-refractivity contribution in [1.82, 2.24) is 0 Å². The second kappa shape index (κ2) is 4.50. The van der Waals surface area contributed by atoms with E-state index < -0.39 is 5.78 Å². The molecule has 0 aliphatic carbocycles. The van der Waals surface area contributed by atoms with Gasteiger partial charge in [-0.3, -0.25) is 9.59 Å². The molecule has 0 amide bonds. The van der Waals surface area contributed by atoms with Crippen LogP contribution in [0, 0.1) is 5.82 Å². The van der Waals surface area contributed by atoms with Crippen molar-refractivity contribution < 1.29 is 14.0 Å². The van der Waals surface area contributed by atoms with Crippen LogP contribution in [0.1, 0.15) is 12.0 Å². The summed E-state index contributed by atoms with van der Waals surface area (Å²) in [5, 5.41) is 0. The van der Waals surface area contributed by atoms with E-state index in [0.29, 0.717) is 5.56 Å². The largest absolute Gasteiger partial charge is 0.295 e. The Morgan fingerprint density at radius 2 is 2.08 bits per heavy atom. The number of aldehydes is 1. The molecule has 1 aromatic carbocycles. The molecule has 0 saturated heterocycles. The van der Waals surface area contributed by atoms with Crippen LogP contribution in [0.4, 0.5) is 4.39 Å². The van der Waals surface area contributed by atoms with Crippen molar-refractivity contribution in [2.45, 2.75) is 12.8 Å². The molecule has 0 heterocycles. The molecule has 1 rings (SSSR count). The van der Waals surface area contributed by atoms with E-state index in [-0.39, 0.29) is 24.9 Å². The van der Waals surface area contributed by atoms with Crippen molar-refractivity contribution in [3.8, 4) is 0 Å². The molecule has 0 fully saturated rings. The molecule has 0 radical (unpaired) electrons. The number of benzene rings is 1. The van der Waals surface area contributed by atoms with Gasteiger partial charge >= 0.3 is 0 Å². The van der Waals surface area contributed by atoms with Gasteiger partial charge in [0, 0.05) is 6.42 Å². The van der Waals surface area contributed by atoms with E-state index in [0.717, 1.165) is 0 Å². The summed E-state index contributed by atoms with van der Waals surface area (Å²) in [6.07, 6.45) is 0.621. The van der Waals surface area contributed by atoms with Gasteiger partial charge in [0.15, 0.2) is 12.1 Å². The Morgan fingerprint density at radius 3 is 2.69 bits per heavy atom. The third-order valence-corrected chi connectivity index (χ3v) is 1.73. The highest BCUT2D eigenvalue weighted by atomic mass is 19.1. The average Bonchev–Trinajstić information content (AvgIpc) is 2.16. The summed E-state index contributed by atoms with van der Waals surface area (Å²) in [5.74, 6) is -0.829. The first kappa shape index (κ1) is 9.58. The van der Waals surface area contributed by atoms with Crippen molar-refractivity contribution in [2.75, 3.05) is 0 Å². The average molecular weight is 180 g/mol. The standard InChI is InChI=1S/C10H9FO2/c11-10-4-2-1-3-8(10)5-6-9(13)7-12/h1-4,7H,5-6H2. The van der Waals surface area contributed by atoms with Gasteiger partial charge in [-0.05, 0) is 18.1 Å². The minimum atomic E-state index is -0.497. The number of Topliss-reactive ketones (excluding diaryl/α,β-unsaturated/α-hetero) is 1. The van der Waals surface area contributed by atoms with Crippen LogP contribution in [0.3, 0.4) is 0 Å². The number of halogens is 1. The van der Waals surface area contributed by atoms with Crippen LogP contribution < -0.4 is 0 Å². The molecule has 0 aromatic heterocycles. The SMILES string of the molecule is O=CC(=O)CCc1ccccc1F. The second-order valence-corrected chi connectivity index (χ2v) is 2.68. The first-order chi connectivity index (χ1) is 6.24. The number of hydrogen-bond acceptors (Lipinski definition) is 2. The summed E-state index contributed by atoms with van der Waals surface area (Å²) in [5.41, 5.74) is 0.470. The number of hydrogen-bond donors (Lipinski definition) is 0. The molecule has 68 valence electrons. The molecule has 2 nitrogen and oxygen atoms in total. The Labute approximate surface area is 75.4 Å². The van der Waals surface area contributed by atoms with E-state index in [9.17, 15) is 14.0 Å². The third kappa shape index (κ3) is 2.78. The molecule has 13 heavy (non-hydrogen) atoms. The fourth-order valence-corrected chi connectivity index (χ4v) is 1.02. The van der Waals surface area contributed by atoms with Crippen LogP contribution in [0.25, 0.3) is 0 Å². The number of carbonyl (C=O) groups excluding carboxylic acids is 2. The molecule has 0 N–H and O–H groups in total. The summed E-state index contributed by atoms with van der Waals surface area (Å²) in [6, 6.07) is 6.22. The molecule has 1 aromatic rings. The topological polar surface area (TPSA) is 34.1 Å². The lowest BCUT2D eigenvalue weighted by molar-refractivity contribution is -0.129. The molecule has 0 bridgehead atoms. The molecular formula is C10H9FO2. The van der Waals surface area contributed by atoms with Gasteiger partial charge in [-0.1, -0.05) is 18.2 Å². The first-order valence-electron chi connectivity index (χ1n) is 3.95. The molecule has 0 aliphatic heterocycles. The molecule has 0 unspecified atom stereocenters. The van der Waals surface area contributed by atoms with E-state index in [1.165, 1.54) is 6.07 Å². The molecule has 0 atom stereocenters. The van der Waals surface area contributed by atoms with Gasteiger partial charge in [-0.25, -0.2) is 4.39 Å². The quantitative estimate of drug-likeness (QED) is 0.520. The van der Waals surface area contributed by atoms with Crippen molar-refractivity contribution in [1.29, 1.82) is 0 Å². The minimum Gasteiger partial charge on any atom is -0.295 e. The predicted molar refractivity (Wildman–Crippen MR) is 45.8 cm³/mol. The van der Waals surface area contributed by atoms with Crippen LogP contribution in [0.2, 0.25) is 0 Å². The zero-order chi connectivity index (χ0) is 9.68. The molecule has 0 spiro atoms. The van der Waals surface area contributed by atoms with Gasteiger partial charge in [0.25, 0.3) is 0 Å². The van der Waals surface area contributed by atoms with Crippen LogP contribution in [0.5, 0.6) is 0 Å². The summed E-state index contributed by atoms with van der Waals surface area (Å²) in [4.78, 5) is 20.6. The van der Waals surface area contributed by atoms with Gasteiger partial charge in [0.2, 0.25) is 0 Å². The second-order valence-electron chi connectivity index (χ2n) is 2.68. The summed E-state index contributed by atoms with van der Waals surface area (Å²) in [6.45, 7) is 0. The molecule has 0 aliphatic rings. The lowest BCUT2D eigenvalue weighted by Gasteiger charge is -1.99. The maximum atomic E-state index is 12.9. The Hall–Kier alpha value is -1.51. The van der Waals surface area contributed by atoms with Crippen molar-refractivity contribution in [2.24, 2.45) is 0 Å². The van der Waals surface area contributed by atoms with E-state index in [1.807, 2.05) is 0 Å². The fourth-order valence-electron chi connectivity index (χ4n) is 1.02. The first-order valence-corrected chi connectivity index (χ1v) is 3.95. The number of carbonyl (C=O) groups is 2. The smallest absolute Gasteiger partial charge is 0.195 e. The van der Waals surface area contributed by atoms with Gasteiger partial charge in [-0.2, -0.15) is 0 Å². The van der Waals surface area contributed by atoms with Gasteiger partial charge in [-0.15, -0.1) is 0 Å². The molecular weight excluding hydrogens is 171 g/mol. The lowest BCUT2D eigenvalue weighted by Crippen LogP contribution is -2.01. The third-order valence-electron chi connectivity index (χ3n) is 1.73. The Kier molecular flexibility index (Phi) is 3.31. The number of rotatable bonds is 4. The summed E-state index contributed by atoms with van der Waals surface area (Å²) in [7, 11) is 0. The van der Waals surface area contributed by atoms with Crippen LogP contribution in [0.15, 0.2) is 24.3 Å². The fraction of sp³-hybridized carbons (Fsp3) is 0.200. The highest BCUT2D eigenvalue weighted by Gasteiger charge is 2.03. The van der Waals surface area contributed by atoms with Crippen molar-refractivity contribution in [3.63, 3.8) is 0 Å². The maximum absolute atomic E-state index is 12.9.